The molecule has 0 bridgehead atoms. The van der Waals surface area contributed by atoms with Crippen molar-refractivity contribution in [1.29, 1.82) is 0 Å². The zero-order chi connectivity index (χ0) is 14.0. The third-order valence-electron chi connectivity index (χ3n) is 3.68. The Bertz CT molecular complexity index is 464. The van der Waals surface area contributed by atoms with Crippen LogP contribution in [0.5, 0.6) is 0 Å². The van der Waals surface area contributed by atoms with Crippen molar-refractivity contribution < 1.29 is 0 Å². The number of aryl methyl sites for hydroxylation is 1. The molecular weight excluding hydrogens is 242 g/mol. The van der Waals surface area contributed by atoms with Crippen LogP contribution in [0.15, 0.2) is 60.7 Å². The third-order valence-corrected chi connectivity index (χ3v) is 3.68. The first-order chi connectivity index (χ1) is 9.88. The van der Waals surface area contributed by atoms with Crippen molar-refractivity contribution >= 4 is 0 Å². The molecule has 1 heteroatoms. The minimum atomic E-state index is 0.589. The van der Waals surface area contributed by atoms with E-state index in [9.17, 15) is 0 Å². The molecule has 0 aliphatic rings. The Kier molecular flexibility index (Phi) is 6.33. The van der Waals surface area contributed by atoms with Crippen LogP contribution in [-0.2, 0) is 12.8 Å². The van der Waals surface area contributed by atoms with Crippen LogP contribution in [0.3, 0.4) is 0 Å². The molecule has 0 aromatic heterocycles. The van der Waals surface area contributed by atoms with Crippen LogP contribution in [0.2, 0.25) is 0 Å². The molecule has 1 nitrogen and oxygen atoms in total. The molecule has 0 saturated heterocycles. The third kappa shape index (κ3) is 5.18. The average Bonchev–Trinajstić information content (AvgIpc) is 2.49. The molecule has 0 heterocycles. The topological polar surface area (TPSA) is 12.0 Å². The first-order valence-corrected chi connectivity index (χ1v) is 7.69. The van der Waals surface area contributed by atoms with Gasteiger partial charge in [0.25, 0.3) is 0 Å². The van der Waals surface area contributed by atoms with Gasteiger partial charge in [-0.3, -0.25) is 0 Å². The highest BCUT2D eigenvalue weighted by atomic mass is 14.9. The summed E-state index contributed by atoms with van der Waals surface area (Å²) in [5.41, 5.74) is 2.88. The van der Waals surface area contributed by atoms with E-state index in [2.05, 4.69) is 72.9 Å². The van der Waals surface area contributed by atoms with E-state index in [1.165, 1.54) is 30.4 Å². The fourth-order valence-electron chi connectivity index (χ4n) is 2.66. The molecular formula is C19H25N. The van der Waals surface area contributed by atoms with Gasteiger partial charge in [0.2, 0.25) is 0 Å². The van der Waals surface area contributed by atoms with E-state index < -0.39 is 0 Å². The summed E-state index contributed by atoms with van der Waals surface area (Å²) in [6, 6.07) is 22.2. The highest BCUT2D eigenvalue weighted by Gasteiger charge is 2.08. The first kappa shape index (κ1) is 14.8. The summed E-state index contributed by atoms with van der Waals surface area (Å²) in [6.45, 7) is 3.23. The number of rotatable bonds is 8. The molecule has 1 N–H and O–H groups in total. The van der Waals surface area contributed by atoms with E-state index in [0.717, 1.165) is 13.0 Å². The van der Waals surface area contributed by atoms with Crippen molar-refractivity contribution in [2.45, 2.75) is 38.6 Å². The Balaban J connectivity index is 1.80. The summed E-state index contributed by atoms with van der Waals surface area (Å²) in [4.78, 5) is 0. The standard InChI is InChI=1S/C19H25N/c1-2-20-19(16-18-12-7-4-8-13-18)15-9-14-17-10-5-3-6-11-17/h3-8,10-13,19-20H,2,9,14-16H2,1H3. The van der Waals surface area contributed by atoms with E-state index in [1.54, 1.807) is 0 Å². The van der Waals surface area contributed by atoms with Gasteiger partial charge < -0.3 is 5.32 Å². The van der Waals surface area contributed by atoms with E-state index in [0.29, 0.717) is 6.04 Å². The molecule has 0 aliphatic heterocycles. The molecule has 106 valence electrons. The predicted molar refractivity (Wildman–Crippen MR) is 87.0 cm³/mol. The SMILES string of the molecule is CCNC(CCCc1ccccc1)Cc1ccccc1. The van der Waals surface area contributed by atoms with Gasteiger partial charge in [0.15, 0.2) is 0 Å². The van der Waals surface area contributed by atoms with Gasteiger partial charge in [-0.25, -0.2) is 0 Å². The van der Waals surface area contributed by atoms with Crippen LogP contribution in [0.25, 0.3) is 0 Å². The predicted octanol–water partition coefficient (Wildman–Crippen LogP) is 4.23. The summed E-state index contributed by atoms with van der Waals surface area (Å²) >= 11 is 0. The molecule has 0 saturated carbocycles. The van der Waals surface area contributed by atoms with Crippen molar-refractivity contribution in [3.05, 3.63) is 71.8 Å². The Morgan fingerprint density at radius 3 is 2.05 bits per heavy atom. The largest absolute Gasteiger partial charge is 0.314 e. The highest BCUT2D eigenvalue weighted by Crippen LogP contribution is 2.11. The van der Waals surface area contributed by atoms with Crippen molar-refractivity contribution in [1.82, 2.24) is 5.32 Å². The van der Waals surface area contributed by atoms with Gasteiger partial charge >= 0.3 is 0 Å². The second-order valence-electron chi connectivity index (χ2n) is 5.32. The van der Waals surface area contributed by atoms with Gasteiger partial charge in [0, 0.05) is 6.04 Å². The average molecular weight is 267 g/mol. The molecule has 2 aromatic rings. The van der Waals surface area contributed by atoms with Crippen molar-refractivity contribution in [3.8, 4) is 0 Å². The van der Waals surface area contributed by atoms with Crippen molar-refractivity contribution in [2.75, 3.05) is 6.54 Å². The van der Waals surface area contributed by atoms with Crippen LogP contribution < -0.4 is 5.32 Å². The lowest BCUT2D eigenvalue weighted by Gasteiger charge is -2.18. The number of likely N-dealkylation sites (N-methyl/N-ethyl adjacent to an activating group) is 1. The van der Waals surface area contributed by atoms with E-state index in [-0.39, 0.29) is 0 Å². The fraction of sp³-hybridized carbons (Fsp3) is 0.368. The Morgan fingerprint density at radius 1 is 0.850 bits per heavy atom. The molecule has 20 heavy (non-hydrogen) atoms. The van der Waals surface area contributed by atoms with Crippen LogP contribution in [-0.4, -0.2) is 12.6 Å². The minimum Gasteiger partial charge on any atom is -0.314 e. The molecule has 2 aromatic carbocycles. The van der Waals surface area contributed by atoms with Crippen molar-refractivity contribution in [3.63, 3.8) is 0 Å². The summed E-state index contributed by atoms with van der Waals surface area (Å²) in [6.07, 6.45) is 4.78. The van der Waals surface area contributed by atoms with E-state index >= 15 is 0 Å². The maximum atomic E-state index is 3.62. The number of hydrogen-bond donors (Lipinski definition) is 1. The Hall–Kier alpha value is -1.60. The molecule has 2 rings (SSSR count). The Morgan fingerprint density at radius 2 is 1.45 bits per heavy atom. The monoisotopic (exact) mass is 267 g/mol. The second kappa shape index (κ2) is 8.55. The molecule has 1 atom stereocenters. The lowest BCUT2D eigenvalue weighted by molar-refractivity contribution is 0.476. The minimum absolute atomic E-state index is 0.589. The van der Waals surface area contributed by atoms with Gasteiger partial charge in [0.05, 0.1) is 0 Å². The van der Waals surface area contributed by atoms with Gasteiger partial charge in [-0.05, 0) is 43.4 Å². The summed E-state index contributed by atoms with van der Waals surface area (Å²) in [7, 11) is 0. The first-order valence-electron chi connectivity index (χ1n) is 7.69. The van der Waals surface area contributed by atoms with Gasteiger partial charge in [-0.15, -0.1) is 0 Å². The number of nitrogens with one attached hydrogen (secondary N) is 1. The summed E-state index contributed by atoms with van der Waals surface area (Å²) < 4.78 is 0. The molecule has 0 fully saturated rings. The zero-order valence-electron chi connectivity index (χ0n) is 12.4. The van der Waals surface area contributed by atoms with Gasteiger partial charge in [-0.1, -0.05) is 67.6 Å². The molecule has 0 aliphatic carbocycles. The number of benzene rings is 2. The van der Waals surface area contributed by atoms with Crippen molar-refractivity contribution in [2.24, 2.45) is 0 Å². The maximum absolute atomic E-state index is 3.62. The normalized spacial score (nSPS) is 12.2. The molecule has 0 amide bonds. The lowest BCUT2D eigenvalue weighted by Crippen LogP contribution is -2.31. The van der Waals surface area contributed by atoms with Crippen LogP contribution in [0, 0.1) is 0 Å². The summed E-state index contributed by atoms with van der Waals surface area (Å²) in [5.74, 6) is 0. The van der Waals surface area contributed by atoms with Crippen LogP contribution >= 0.6 is 0 Å². The van der Waals surface area contributed by atoms with Crippen LogP contribution in [0.1, 0.15) is 30.9 Å². The summed E-state index contributed by atoms with van der Waals surface area (Å²) in [5, 5.41) is 3.62. The Labute approximate surface area is 123 Å². The molecule has 0 spiro atoms. The lowest BCUT2D eigenvalue weighted by atomic mass is 9.99. The fourth-order valence-corrected chi connectivity index (χ4v) is 2.66. The van der Waals surface area contributed by atoms with Crippen LogP contribution in [0.4, 0.5) is 0 Å². The smallest absolute Gasteiger partial charge is 0.0107 e. The molecule has 0 radical (unpaired) electrons. The number of hydrogen-bond acceptors (Lipinski definition) is 1. The second-order valence-corrected chi connectivity index (χ2v) is 5.32. The maximum Gasteiger partial charge on any atom is 0.0107 e. The zero-order valence-corrected chi connectivity index (χ0v) is 12.4. The van der Waals surface area contributed by atoms with Gasteiger partial charge in [-0.2, -0.15) is 0 Å². The quantitative estimate of drug-likeness (QED) is 0.754. The van der Waals surface area contributed by atoms with E-state index in [4.69, 9.17) is 0 Å². The highest BCUT2D eigenvalue weighted by molar-refractivity contribution is 5.16. The molecule has 1 unspecified atom stereocenters. The van der Waals surface area contributed by atoms with E-state index in [1.807, 2.05) is 0 Å². The van der Waals surface area contributed by atoms with Gasteiger partial charge in [0.1, 0.15) is 0 Å².